The summed E-state index contributed by atoms with van der Waals surface area (Å²) in [6, 6.07) is 0. The van der Waals surface area contributed by atoms with Crippen molar-refractivity contribution < 1.29 is 4.74 Å². The molecule has 3 atom stereocenters. The maximum Gasteiger partial charge on any atom is 0.191 e. The van der Waals surface area contributed by atoms with Gasteiger partial charge in [0, 0.05) is 44.5 Å². The van der Waals surface area contributed by atoms with Crippen LogP contribution in [0.5, 0.6) is 0 Å². The monoisotopic (exact) mass is 470 g/mol. The molecule has 7 heteroatoms. The van der Waals surface area contributed by atoms with E-state index in [1.165, 1.54) is 18.6 Å². The first-order chi connectivity index (χ1) is 11.0. The summed E-state index contributed by atoms with van der Waals surface area (Å²) in [4.78, 5) is 6.85. The fraction of sp³-hybridized carbons (Fsp3) is 0.941. The van der Waals surface area contributed by atoms with Gasteiger partial charge in [0.2, 0.25) is 0 Å². The SMILES string of the molecule is CN=C(NCCCN1CC(C)OC(C)C1)NCC1(C)CCCS1.I. The highest BCUT2D eigenvalue weighted by molar-refractivity contribution is 14.0. The molecule has 0 aromatic rings. The van der Waals surface area contributed by atoms with Crippen LogP contribution in [0.4, 0.5) is 0 Å². The third-order valence-corrected chi connectivity index (χ3v) is 6.13. The number of rotatable bonds is 6. The maximum atomic E-state index is 5.78. The van der Waals surface area contributed by atoms with E-state index >= 15 is 0 Å². The highest BCUT2D eigenvalue weighted by Gasteiger charge is 2.29. The van der Waals surface area contributed by atoms with E-state index in [4.69, 9.17) is 4.74 Å². The number of ether oxygens (including phenoxy) is 1. The minimum atomic E-state index is 0. The molecule has 0 bridgehead atoms. The average Bonchev–Trinajstić information content (AvgIpc) is 2.93. The third kappa shape index (κ3) is 7.66. The number of aliphatic imine (C=N–C) groups is 1. The van der Waals surface area contributed by atoms with Gasteiger partial charge in [0.1, 0.15) is 0 Å². The molecule has 2 heterocycles. The number of nitrogens with one attached hydrogen (secondary N) is 2. The molecule has 0 aliphatic carbocycles. The van der Waals surface area contributed by atoms with Crippen LogP contribution in [0.2, 0.25) is 0 Å². The van der Waals surface area contributed by atoms with Crippen LogP contribution >= 0.6 is 35.7 Å². The predicted molar refractivity (Wildman–Crippen MR) is 116 cm³/mol. The summed E-state index contributed by atoms with van der Waals surface area (Å²) in [6.07, 6.45) is 4.48. The lowest BCUT2D eigenvalue weighted by molar-refractivity contribution is -0.0679. The van der Waals surface area contributed by atoms with Crippen molar-refractivity contribution in [3.8, 4) is 0 Å². The van der Waals surface area contributed by atoms with Gasteiger partial charge in [0.15, 0.2) is 5.96 Å². The third-order valence-electron chi connectivity index (χ3n) is 4.59. The zero-order valence-electron chi connectivity index (χ0n) is 15.6. The quantitative estimate of drug-likeness (QED) is 0.271. The van der Waals surface area contributed by atoms with E-state index in [1.807, 2.05) is 7.05 Å². The molecule has 2 rings (SSSR count). The average molecular weight is 470 g/mol. The van der Waals surface area contributed by atoms with Gasteiger partial charge in [-0.1, -0.05) is 0 Å². The summed E-state index contributed by atoms with van der Waals surface area (Å²) >= 11 is 2.08. The van der Waals surface area contributed by atoms with E-state index in [0.29, 0.717) is 17.0 Å². The molecule has 0 radical (unpaired) electrons. The standard InChI is InChI=1S/C17H34N4OS.HI/c1-14-11-21(12-15(2)22-14)9-6-8-19-16(18-4)20-13-17(3)7-5-10-23-17;/h14-15H,5-13H2,1-4H3,(H2,18,19,20);1H. The van der Waals surface area contributed by atoms with Gasteiger partial charge in [-0.15, -0.1) is 24.0 Å². The van der Waals surface area contributed by atoms with Crippen LogP contribution in [-0.4, -0.2) is 73.3 Å². The Kier molecular flexibility index (Phi) is 10.3. The van der Waals surface area contributed by atoms with Gasteiger partial charge in [-0.2, -0.15) is 11.8 Å². The highest BCUT2D eigenvalue weighted by atomic mass is 127. The number of morpholine rings is 1. The molecule has 3 unspecified atom stereocenters. The van der Waals surface area contributed by atoms with Gasteiger partial charge < -0.3 is 15.4 Å². The van der Waals surface area contributed by atoms with Crippen molar-refractivity contribution in [2.75, 3.05) is 45.5 Å². The highest BCUT2D eigenvalue weighted by Crippen LogP contribution is 2.36. The normalized spacial score (nSPS) is 31.6. The van der Waals surface area contributed by atoms with Gasteiger partial charge in [0.05, 0.1) is 12.2 Å². The van der Waals surface area contributed by atoms with E-state index in [0.717, 1.165) is 45.1 Å². The molecule has 2 fully saturated rings. The van der Waals surface area contributed by atoms with Crippen molar-refractivity contribution in [2.45, 2.75) is 57.0 Å². The van der Waals surface area contributed by atoms with Crippen LogP contribution in [0.15, 0.2) is 4.99 Å². The first-order valence-corrected chi connectivity index (χ1v) is 9.95. The van der Waals surface area contributed by atoms with Crippen LogP contribution in [0.1, 0.15) is 40.0 Å². The van der Waals surface area contributed by atoms with Crippen LogP contribution in [0.25, 0.3) is 0 Å². The molecule has 0 spiro atoms. The Morgan fingerprint density at radius 2 is 2.00 bits per heavy atom. The van der Waals surface area contributed by atoms with Crippen molar-refractivity contribution in [3.05, 3.63) is 0 Å². The fourth-order valence-corrected chi connectivity index (χ4v) is 4.69. The van der Waals surface area contributed by atoms with Crippen molar-refractivity contribution in [2.24, 2.45) is 4.99 Å². The fourth-order valence-electron chi connectivity index (χ4n) is 3.44. The lowest BCUT2D eigenvalue weighted by Gasteiger charge is -2.35. The second kappa shape index (κ2) is 11.1. The van der Waals surface area contributed by atoms with Gasteiger partial charge >= 0.3 is 0 Å². The molecule has 0 saturated carbocycles. The molecule has 142 valence electrons. The Morgan fingerprint density at radius 3 is 2.58 bits per heavy atom. The van der Waals surface area contributed by atoms with Gasteiger partial charge in [-0.25, -0.2) is 0 Å². The zero-order chi connectivity index (χ0) is 16.7. The minimum absolute atomic E-state index is 0. The number of hydrogen-bond donors (Lipinski definition) is 2. The first-order valence-electron chi connectivity index (χ1n) is 8.97. The van der Waals surface area contributed by atoms with Crippen LogP contribution in [0.3, 0.4) is 0 Å². The van der Waals surface area contributed by atoms with Crippen LogP contribution in [0, 0.1) is 0 Å². The summed E-state index contributed by atoms with van der Waals surface area (Å²) < 4.78 is 6.15. The van der Waals surface area contributed by atoms with Crippen molar-refractivity contribution in [1.29, 1.82) is 0 Å². The summed E-state index contributed by atoms with van der Waals surface area (Å²) in [7, 11) is 1.85. The Morgan fingerprint density at radius 1 is 1.29 bits per heavy atom. The van der Waals surface area contributed by atoms with Crippen molar-refractivity contribution in [3.63, 3.8) is 0 Å². The number of nitrogens with zero attached hydrogens (tertiary/aromatic N) is 2. The Hall–Kier alpha value is 0.270. The second-order valence-corrected chi connectivity index (χ2v) is 8.81. The van der Waals surface area contributed by atoms with E-state index in [-0.39, 0.29) is 24.0 Å². The van der Waals surface area contributed by atoms with E-state index < -0.39 is 0 Å². The molecule has 2 aliphatic rings. The summed E-state index contributed by atoms with van der Waals surface area (Å²) in [5.74, 6) is 2.23. The lowest BCUT2D eigenvalue weighted by Crippen LogP contribution is -2.47. The minimum Gasteiger partial charge on any atom is -0.373 e. The van der Waals surface area contributed by atoms with Crippen LogP contribution in [-0.2, 0) is 4.74 Å². The summed E-state index contributed by atoms with van der Waals surface area (Å²) in [5.41, 5.74) is 0. The molecule has 2 saturated heterocycles. The number of hydrogen-bond acceptors (Lipinski definition) is 4. The first kappa shape index (κ1) is 22.3. The second-order valence-electron chi connectivity index (χ2n) is 7.12. The summed E-state index contributed by atoms with van der Waals surface area (Å²) in [6.45, 7) is 11.9. The van der Waals surface area contributed by atoms with Gasteiger partial charge in [-0.05, 0) is 45.8 Å². The molecule has 5 nitrogen and oxygen atoms in total. The zero-order valence-corrected chi connectivity index (χ0v) is 18.8. The molecule has 0 aromatic carbocycles. The van der Waals surface area contributed by atoms with Crippen LogP contribution < -0.4 is 10.6 Å². The smallest absolute Gasteiger partial charge is 0.191 e. The summed E-state index contributed by atoms with van der Waals surface area (Å²) in [5, 5.41) is 6.93. The Labute approximate surface area is 169 Å². The molecule has 0 aromatic heterocycles. The Bertz CT molecular complexity index is 381. The van der Waals surface area contributed by atoms with E-state index in [9.17, 15) is 0 Å². The largest absolute Gasteiger partial charge is 0.373 e. The topological polar surface area (TPSA) is 48.9 Å². The number of guanidine groups is 1. The van der Waals surface area contributed by atoms with Gasteiger partial charge in [-0.3, -0.25) is 9.89 Å². The number of thioether (sulfide) groups is 1. The number of halogens is 1. The molecule has 2 N–H and O–H groups in total. The molecule has 24 heavy (non-hydrogen) atoms. The van der Waals surface area contributed by atoms with Gasteiger partial charge in [0.25, 0.3) is 0 Å². The molecular weight excluding hydrogens is 435 g/mol. The molecular formula is C17H35IN4OS. The van der Waals surface area contributed by atoms with Crippen molar-refractivity contribution in [1.82, 2.24) is 15.5 Å². The maximum absolute atomic E-state index is 5.78. The van der Waals surface area contributed by atoms with E-state index in [2.05, 4.69) is 53.1 Å². The predicted octanol–water partition coefficient (Wildman–Crippen LogP) is 2.55. The van der Waals surface area contributed by atoms with Crippen molar-refractivity contribution >= 4 is 41.7 Å². The lowest BCUT2D eigenvalue weighted by atomic mass is 10.1. The van der Waals surface area contributed by atoms with E-state index in [1.54, 1.807) is 0 Å². The molecule has 0 amide bonds. The molecule has 2 aliphatic heterocycles. The Balaban J connectivity index is 0.00000288.